The number of hydrogen-bond donors (Lipinski definition) is 7. The van der Waals surface area contributed by atoms with E-state index in [0.29, 0.717) is 45.6 Å². The molecule has 0 spiro atoms. The molecule has 0 saturated carbocycles. The number of aromatic hydroxyl groups is 6. The summed E-state index contributed by atoms with van der Waals surface area (Å²) in [6.07, 6.45) is 0.682. The number of rotatable bonds is 5. The van der Waals surface area contributed by atoms with E-state index in [2.05, 4.69) is 0 Å². The van der Waals surface area contributed by atoms with Crippen LogP contribution >= 0.6 is 0 Å². The summed E-state index contributed by atoms with van der Waals surface area (Å²) in [5.74, 6) is -4.41. The van der Waals surface area contributed by atoms with Gasteiger partial charge in [0.25, 0.3) is 5.97 Å². The van der Waals surface area contributed by atoms with E-state index in [1.807, 2.05) is 0 Å². The molecular formula is C32H36CaO10. The summed E-state index contributed by atoms with van der Waals surface area (Å²) in [6.45, 7) is 11.6. The van der Waals surface area contributed by atoms with Crippen LogP contribution in [0.25, 0.3) is 32.7 Å². The Morgan fingerprint density at radius 2 is 0.930 bits per heavy atom. The van der Waals surface area contributed by atoms with E-state index < -0.39 is 40.5 Å². The number of hydrogen-bond acceptors (Lipinski definition) is 9. The summed E-state index contributed by atoms with van der Waals surface area (Å²) in [5.41, 5.74) is 1.33. The molecule has 11 heteroatoms. The van der Waals surface area contributed by atoms with Gasteiger partial charge in [0.1, 0.15) is 11.5 Å². The molecule has 0 saturated heterocycles. The van der Waals surface area contributed by atoms with Crippen LogP contribution < -0.4 is 0 Å². The van der Waals surface area contributed by atoms with Crippen molar-refractivity contribution in [3.05, 3.63) is 45.5 Å². The van der Waals surface area contributed by atoms with Gasteiger partial charge in [-0.15, -0.1) is 0 Å². The first-order valence-electron chi connectivity index (χ1n) is 13.1. The molecule has 0 aliphatic carbocycles. The molecule has 7 N–H and O–H groups in total. The SMILES string of the molecule is CC(=O)O.Cc1cc2c(C(C)C)c(O)c(O)c(C=O)c2c(O)c1-c1c(C)cc2c(C(C)C)c(O)c(O)c(C=O)c2c1O.[Ca+2].[H-].[H-]. The number of carboxylic acid groups (broad SMARTS) is 1. The molecule has 0 unspecified atom stereocenters. The molecule has 4 aromatic rings. The van der Waals surface area contributed by atoms with Crippen LogP contribution in [0, 0.1) is 13.8 Å². The summed E-state index contributed by atoms with van der Waals surface area (Å²) >= 11 is 0. The third-order valence-electron chi connectivity index (χ3n) is 7.22. The zero-order valence-corrected chi connectivity index (χ0v) is 27.2. The van der Waals surface area contributed by atoms with Gasteiger partial charge in [0, 0.05) is 39.9 Å². The van der Waals surface area contributed by atoms with Crippen molar-refractivity contribution < 1.29 is 53.0 Å². The van der Waals surface area contributed by atoms with Crippen molar-refractivity contribution in [2.24, 2.45) is 0 Å². The monoisotopic (exact) mass is 620 g/mol. The smallest absolute Gasteiger partial charge is 1.00 e. The topological polar surface area (TPSA) is 193 Å². The Kier molecular flexibility index (Phi) is 11.0. The molecule has 10 nitrogen and oxygen atoms in total. The number of carboxylic acids is 1. The molecule has 0 aromatic heterocycles. The second-order valence-corrected chi connectivity index (χ2v) is 10.8. The largest absolute Gasteiger partial charge is 2.00 e. The first kappa shape index (κ1) is 35.5. The molecule has 4 aromatic carbocycles. The Morgan fingerprint density at radius 3 is 1.16 bits per heavy atom. The van der Waals surface area contributed by atoms with Gasteiger partial charge in [0.15, 0.2) is 35.6 Å². The van der Waals surface area contributed by atoms with E-state index in [1.54, 1.807) is 53.7 Å². The maximum absolute atomic E-state index is 12.0. The average molecular weight is 621 g/mol. The number of aldehydes is 2. The van der Waals surface area contributed by atoms with Gasteiger partial charge < -0.3 is 38.6 Å². The molecule has 0 bridgehead atoms. The van der Waals surface area contributed by atoms with Crippen molar-refractivity contribution in [2.75, 3.05) is 0 Å². The minimum Gasteiger partial charge on any atom is -1.00 e. The first-order valence-corrected chi connectivity index (χ1v) is 13.1. The normalized spacial score (nSPS) is 10.9. The van der Waals surface area contributed by atoms with Gasteiger partial charge in [-0.3, -0.25) is 14.4 Å². The Labute approximate surface area is 280 Å². The fraction of sp³-hybridized carbons (Fsp3) is 0.281. The standard InChI is InChI=1S/C30H30O8.C2H4O2.Ca.2H/c1-11(2)19-15-7-13(5)21(27(35)23(15)17(9-31)25(33)29(19)37)22-14(6)8-16-20(12(3)4)30(38)26(34)18(10-32)24(16)28(22)36;1-2(3)4;;;/h7-12,33-38H,1-6H3;1H3,(H,3,4);;;/q;;+2;2*-1. The van der Waals surface area contributed by atoms with Crippen LogP contribution in [0.3, 0.4) is 0 Å². The molecule has 4 rings (SSSR count). The van der Waals surface area contributed by atoms with Crippen LogP contribution in [0.1, 0.15) is 92.3 Å². The van der Waals surface area contributed by atoms with Crippen molar-refractivity contribution in [1.82, 2.24) is 0 Å². The fourth-order valence-corrected chi connectivity index (χ4v) is 5.60. The molecule has 0 heterocycles. The summed E-state index contributed by atoms with van der Waals surface area (Å²) in [6, 6.07) is 3.31. The fourth-order valence-electron chi connectivity index (χ4n) is 5.60. The van der Waals surface area contributed by atoms with Crippen molar-refractivity contribution >= 4 is 77.8 Å². The van der Waals surface area contributed by atoms with E-state index in [0.717, 1.165) is 6.92 Å². The number of phenols is 6. The molecule has 0 radical (unpaired) electrons. The molecular weight excluding hydrogens is 584 g/mol. The van der Waals surface area contributed by atoms with Crippen LogP contribution in [0.15, 0.2) is 12.1 Å². The minimum atomic E-state index is -0.833. The molecule has 0 amide bonds. The number of carbonyl (C=O) groups is 3. The molecule has 0 fully saturated rings. The van der Waals surface area contributed by atoms with E-state index in [1.165, 1.54) is 0 Å². The van der Waals surface area contributed by atoms with E-state index in [-0.39, 0.29) is 85.5 Å². The van der Waals surface area contributed by atoms with Crippen LogP contribution in [0.4, 0.5) is 0 Å². The van der Waals surface area contributed by atoms with Crippen molar-refractivity contribution in [3.8, 4) is 45.6 Å². The Hall–Kier alpha value is -3.73. The molecule has 0 aliphatic heterocycles. The number of phenolic OH excluding ortho intramolecular Hbond substituents is 6. The average Bonchev–Trinajstić information content (AvgIpc) is 2.87. The predicted molar refractivity (Wildman–Crippen MR) is 167 cm³/mol. The number of aliphatic carboxylic acids is 1. The third-order valence-corrected chi connectivity index (χ3v) is 7.22. The second kappa shape index (κ2) is 13.3. The zero-order chi connectivity index (χ0) is 32.0. The van der Waals surface area contributed by atoms with E-state index >= 15 is 0 Å². The predicted octanol–water partition coefficient (Wildman–Crippen LogP) is 6.32. The molecule has 0 aliphatic rings. The Balaban J connectivity index is 0.00000261. The van der Waals surface area contributed by atoms with Crippen LogP contribution in [-0.4, -0.2) is 92.0 Å². The minimum absolute atomic E-state index is 0. The summed E-state index contributed by atoms with van der Waals surface area (Å²) in [4.78, 5) is 33.0. The second-order valence-electron chi connectivity index (χ2n) is 10.8. The van der Waals surface area contributed by atoms with E-state index in [9.17, 15) is 40.2 Å². The van der Waals surface area contributed by atoms with Gasteiger partial charge in [-0.1, -0.05) is 39.8 Å². The van der Waals surface area contributed by atoms with Crippen molar-refractivity contribution in [2.45, 2.75) is 60.3 Å². The van der Waals surface area contributed by atoms with Gasteiger partial charge in [0.05, 0.1) is 11.1 Å². The Bertz CT molecular complexity index is 1670. The van der Waals surface area contributed by atoms with Gasteiger partial charge in [-0.2, -0.15) is 0 Å². The van der Waals surface area contributed by atoms with Gasteiger partial charge in [0.2, 0.25) is 0 Å². The summed E-state index contributed by atoms with van der Waals surface area (Å²) in [5, 5.41) is 73.8. The van der Waals surface area contributed by atoms with Crippen LogP contribution in [0.2, 0.25) is 0 Å². The van der Waals surface area contributed by atoms with Crippen LogP contribution in [0.5, 0.6) is 34.5 Å². The zero-order valence-electron chi connectivity index (χ0n) is 27.0. The maximum atomic E-state index is 12.0. The summed E-state index contributed by atoms with van der Waals surface area (Å²) < 4.78 is 0. The van der Waals surface area contributed by atoms with E-state index in [4.69, 9.17) is 9.90 Å². The third kappa shape index (κ3) is 5.91. The van der Waals surface area contributed by atoms with Crippen molar-refractivity contribution in [3.63, 3.8) is 0 Å². The molecule has 43 heavy (non-hydrogen) atoms. The number of aryl methyl sites for hydroxylation is 2. The summed E-state index contributed by atoms with van der Waals surface area (Å²) in [7, 11) is 0. The Morgan fingerprint density at radius 1 is 0.651 bits per heavy atom. The first-order chi connectivity index (χ1) is 19.5. The van der Waals surface area contributed by atoms with Gasteiger partial charge in [-0.25, -0.2) is 0 Å². The van der Waals surface area contributed by atoms with Crippen molar-refractivity contribution in [1.29, 1.82) is 0 Å². The number of fused-ring (bicyclic) bond motifs is 2. The quantitative estimate of drug-likeness (QED) is 0.0754. The number of benzene rings is 4. The van der Waals surface area contributed by atoms with Gasteiger partial charge in [-0.05, 0) is 47.6 Å². The molecule has 226 valence electrons. The maximum Gasteiger partial charge on any atom is 2.00 e. The van der Waals surface area contributed by atoms with Crippen LogP contribution in [-0.2, 0) is 4.79 Å². The van der Waals surface area contributed by atoms with Gasteiger partial charge >= 0.3 is 37.7 Å². The number of carbonyl (C=O) groups excluding carboxylic acids is 2. The molecule has 0 atom stereocenters.